The Bertz CT molecular complexity index is 650. The van der Waals surface area contributed by atoms with E-state index in [0.29, 0.717) is 12.0 Å². The average molecular weight is 274 g/mol. The lowest BCUT2D eigenvalue weighted by Gasteiger charge is -1.96. The van der Waals surface area contributed by atoms with Crippen LogP contribution in [-0.2, 0) is 6.42 Å². The maximum Gasteiger partial charge on any atom is 0.189 e. The standard InChI is InChI=1S/C15H11NO2.ClH/c17-13-2-1-11-8-12(15(18)14(11)9-13)7-10-3-5-16-6-4-10;/h1-7,9,17H,8H2;1H/b12-7+;. The SMILES string of the molecule is Cl.O=C1/C(=C/c2ccncc2)Cc2ccc(O)cc21. The highest BCUT2D eigenvalue weighted by Gasteiger charge is 2.24. The third-order valence-corrected chi connectivity index (χ3v) is 3.06. The smallest absolute Gasteiger partial charge is 0.189 e. The van der Waals surface area contributed by atoms with Crippen LogP contribution in [0.1, 0.15) is 21.5 Å². The van der Waals surface area contributed by atoms with Crippen LogP contribution in [-0.4, -0.2) is 15.9 Å². The van der Waals surface area contributed by atoms with Crippen LogP contribution in [0, 0.1) is 0 Å². The number of phenolic OH excluding ortho intramolecular Hbond substituents is 1. The van der Waals surface area contributed by atoms with E-state index in [-0.39, 0.29) is 23.9 Å². The largest absolute Gasteiger partial charge is 0.508 e. The number of aromatic nitrogens is 1. The van der Waals surface area contributed by atoms with E-state index in [1.807, 2.05) is 18.2 Å². The van der Waals surface area contributed by atoms with E-state index in [0.717, 1.165) is 16.7 Å². The first kappa shape index (κ1) is 13.3. The summed E-state index contributed by atoms with van der Waals surface area (Å²) in [6.07, 6.45) is 5.90. The molecule has 3 rings (SSSR count). The van der Waals surface area contributed by atoms with Gasteiger partial charge in [0.1, 0.15) is 5.75 Å². The number of carbonyl (C=O) groups is 1. The Balaban J connectivity index is 0.00000133. The molecule has 0 atom stereocenters. The van der Waals surface area contributed by atoms with Crippen molar-refractivity contribution in [1.82, 2.24) is 4.98 Å². The summed E-state index contributed by atoms with van der Waals surface area (Å²) in [7, 11) is 0. The molecule has 3 nitrogen and oxygen atoms in total. The highest BCUT2D eigenvalue weighted by Crippen LogP contribution is 2.30. The zero-order valence-electron chi connectivity index (χ0n) is 10.0. The van der Waals surface area contributed by atoms with Crippen molar-refractivity contribution >= 4 is 24.3 Å². The molecule has 96 valence electrons. The van der Waals surface area contributed by atoms with E-state index in [1.165, 1.54) is 6.07 Å². The van der Waals surface area contributed by atoms with Gasteiger partial charge >= 0.3 is 0 Å². The van der Waals surface area contributed by atoms with Gasteiger partial charge in [0, 0.05) is 30.0 Å². The molecule has 0 amide bonds. The fourth-order valence-electron chi connectivity index (χ4n) is 2.17. The van der Waals surface area contributed by atoms with Gasteiger partial charge in [0.15, 0.2) is 5.78 Å². The minimum atomic E-state index is -0.00212. The van der Waals surface area contributed by atoms with Crippen LogP contribution in [0.15, 0.2) is 48.3 Å². The number of fused-ring (bicyclic) bond motifs is 1. The maximum absolute atomic E-state index is 12.2. The fraction of sp³-hybridized carbons (Fsp3) is 0.0667. The average Bonchev–Trinajstić information content (AvgIpc) is 2.68. The molecule has 0 aliphatic heterocycles. The first-order chi connectivity index (χ1) is 8.74. The van der Waals surface area contributed by atoms with Gasteiger partial charge in [0.2, 0.25) is 0 Å². The van der Waals surface area contributed by atoms with Crippen molar-refractivity contribution < 1.29 is 9.90 Å². The summed E-state index contributed by atoms with van der Waals surface area (Å²) >= 11 is 0. The molecule has 0 unspecified atom stereocenters. The normalized spacial score (nSPS) is 15.2. The van der Waals surface area contributed by atoms with Gasteiger partial charge in [-0.1, -0.05) is 6.07 Å². The van der Waals surface area contributed by atoms with Crippen molar-refractivity contribution in [3.05, 3.63) is 65.0 Å². The quantitative estimate of drug-likeness (QED) is 0.813. The van der Waals surface area contributed by atoms with Gasteiger partial charge in [-0.25, -0.2) is 0 Å². The van der Waals surface area contributed by atoms with Gasteiger partial charge in [-0.15, -0.1) is 12.4 Å². The van der Waals surface area contributed by atoms with Gasteiger partial charge in [0.25, 0.3) is 0 Å². The Hall–Kier alpha value is -2.13. The van der Waals surface area contributed by atoms with Crippen molar-refractivity contribution in [3.8, 4) is 5.75 Å². The van der Waals surface area contributed by atoms with Crippen molar-refractivity contribution in [1.29, 1.82) is 0 Å². The highest BCUT2D eigenvalue weighted by atomic mass is 35.5. The minimum absolute atomic E-state index is 0. The number of halogens is 1. The highest BCUT2D eigenvalue weighted by molar-refractivity contribution is 6.15. The van der Waals surface area contributed by atoms with Crippen LogP contribution in [0.4, 0.5) is 0 Å². The molecule has 0 saturated heterocycles. The number of ketones is 1. The second kappa shape index (κ2) is 5.24. The molecule has 0 saturated carbocycles. The number of carbonyl (C=O) groups excluding carboxylic acids is 1. The molecular formula is C15H12ClNO2. The number of hydrogen-bond donors (Lipinski definition) is 1. The van der Waals surface area contributed by atoms with Crippen molar-refractivity contribution in [3.63, 3.8) is 0 Å². The summed E-state index contributed by atoms with van der Waals surface area (Å²) in [4.78, 5) is 16.1. The predicted octanol–water partition coefficient (Wildman–Crippen LogP) is 3.03. The molecule has 0 fully saturated rings. The van der Waals surface area contributed by atoms with Crippen LogP contribution in [0.25, 0.3) is 6.08 Å². The van der Waals surface area contributed by atoms with E-state index in [1.54, 1.807) is 24.5 Å². The summed E-state index contributed by atoms with van der Waals surface area (Å²) in [5, 5.41) is 9.41. The van der Waals surface area contributed by atoms with Gasteiger partial charge in [-0.2, -0.15) is 0 Å². The number of aromatic hydroxyl groups is 1. The van der Waals surface area contributed by atoms with Gasteiger partial charge in [-0.3, -0.25) is 9.78 Å². The molecule has 1 aliphatic rings. The minimum Gasteiger partial charge on any atom is -0.508 e. The second-order valence-corrected chi connectivity index (χ2v) is 4.30. The molecule has 0 bridgehead atoms. The van der Waals surface area contributed by atoms with Crippen LogP contribution >= 0.6 is 12.4 Å². The third-order valence-electron chi connectivity index (χ3n) is 3.06. The topological polar surface area (TPSA) is 50.2 Å². The molecule has 19 heavy (non-hydrogen) atoms. The molecule has 4 heteroatoms. The predicted molar refractivity (Wildman–Crippen MR) is 75.6 cm³/mol. The summed E-state index contributed by atoms with van der Waals surface area (Å²) in [5.41, 5.74) is 3.29. The molecule has 1 N–H and O–H groups in total. The van der Waals surface area contributed by atoms with E-state index in [4.69, 9.17) is 0 Å². The van der Waals surface area contributed by atoms with Crippen molar-refractivity contribution in [2.45, 2.75) is 6.42 Å². The molecule has 1 heterocycles. The van der Waals surface area contributed by atoms with E-state index >= 15 is 0 Å². The molecule has 1 aromatic heterocycles. The first-order valence-corrected chi connectivity index (χ1v) is 5.71. The molecule has 1 aromatic carbocycles. The molecule has 0 spiro atoms. The lowest BCUT2D eigenvalue weighted by Crippen LogP contribution is -1.95. The fourth-order valence-corrected chi connectivity index (χ4v) is 2.17. The van der Waals surface area contributed by atoms with Crippen LogP contribution in [0.5, 0.6) is 5.75 Å². The Morgan fingerprint density at radius 3 is 2.63 bits per heavy atom. The lowest BCUT2D eigenvalue weighted by atomic mass is 10.1. The van der Waals surface area contributed by atoms with Crippen LogP contribution in [0.3, 0.4) is 0 Å². The summed E-state index contributed by atoms with van der Waals surface area (Å²) in [5.74, 6) is 0.130. The Kier molecular flexibility index (Phi) is 3.67. The summed E-state index contributed by atoms with van der Waals surface area (Å²) in [6.45, 7) is 0. The lowest BCUT2D eigenvalue weighted by molar-refractivity contribution is 0.104. The van der Waals surface area contributed by atoms with Gasteiger partial charge in [-0.05, 0) is 41.5 Å². The van der Waals surface area contributed by atoms with Crippen molar-refractivity contribution in [2.24, 2.45) is 0 Å². The van der Waals surface area contributed by atoms with Crippen LogP contribution < -0.4 is 0 Å². The number of hydrogen-bond acceptors (Lipinski definition) is 3. The van der Waals surface area contributed by atoms with Gasteiger partial charge < -0.3 is 5.11 Å². The van der Waals surface area contributed by atoms with E-state index in [9.17, 15) is 9.90 Å². The Morgan fingerprint density at radius 1 is 1.16 bits per heavy atom. The van der Waals surface area contributed by atoms with Crippen LogP contribution in [0.2, 0.25) is 0 Å². The van der Waals surface area contributed by atoms with E-state index < -0.39 is 0 Å². The Morgan fingerprint density at radius 2 is 1.89 bits per heavy atom. The number of benzene rings is 1. The number of phenols is 1. The summed E-state index contributed by atoms with van der Waals surface area (Å²) in [6, 6.07) is 8.67. The zero-order chi connectivity index (χ0) is 12.5. The van der Waals surface area contributed by atoms with E-state index in [2.05, 4.69) is 4.98 Å². The first-order valence-electron chi connectivity index (χ1n) is 5.71. The number of nitrogens with zero attached hydrogens (tertiary/aromatic N) is 1. The molecule has 0 radical (unpaired) electrons. The number of allylic oxidation sites excluding steroid dienone is 1. The monoisotopic (exact) mass is 273 g/mol. The second-order valence-electron chi connectivity index (χ2n) is 4.30. The Labute approximate surface area is 117 Å². The van der Waals surface area contributed by atoms with Gasteiger partial charge in [0.05, 0.1) is 0 Å². The third kappa shape index (κ3) is 2.51. The molecule has 2 aromatic rings. The van der Waals surface area contributed by atoms with Crippen molar-refractivity contribution in [2.75, 3.05) is 0 Å². The number of rotatable bonds is 1. The number of Topliss-reactive ketones (excluding diaryl/α,β-unsaturated/α-hetero) is 1. The molecular weight excluding hydrogens is 262 g/mol. The maximum atomic E-state index is 12.2. The molecule has 1 aliphatic carbocycles. The number of pyridine rings is 1. The summed E-state index contributed by atoms with van der Waals surface area (Å²) < 4.78 is 0. The zero-order valence-corrected chi connectivity index (χ0v) is 10.9.